The lowest BCUT2D eigenvalue weighted by Crippen LogP contribution is -2.44. The van der Waals surface area contributed by atoms with E-state index in [9.17, 15) is 13.6 Å². The molecule has 0 radical (unpaired) electrons. The van der Waals surface area contributed by atoms with Crippen LogP contribution < -0.4 is 10.2 Å². The highest BCUT2D eigenvalue weighted by atomic mass is 19.3. The third-order valence-corrected chi connectivity index (χ3v) is 6.43. The zero-order chi connectivity index (χ0) is 22.9. The SMILES string of the molecule is C[C@H]1COCCN1c1ccn2ncc(C(=O)Nc3cn(C4CCCCC4)nc3C(F)F)c2n1. The van der Waals surface area contributed by atoms with Gasteiger partial charge in [0.1, 0.15) is 11.4 Å². The highest BCUT2D eigenvalue weighted by Gasteiger charge is 2.26. The molecule has 5 rings (SSSR count). The number of fused-ring (bicyclic) bond motifs is 1. The van der Waals surface area contributed by atoms with Crippen molar-refractivity contribution in [3.8, 4) is 0 Å². The van der Waals surface area contributed by atoms with Crippen LogP contribution in [0.1, 0.15) is 67.5 Å². The number of halogens is 2. The minimum Gasteiger partial charge on any atom is -0.377 e. The zero-order valence-electron chi connectivity index (χ0n) is 18.5. The number of carbonyl (C=O) groups is 1. The van der Waals surface area contributed by atoms with Crippen LogP contribution in [0.15, 0.2) is 24.7 Å². The number of nitrogens with one attached hydrogen (secondary N) is 1. The quantitative estimate of drug-likeness (QED) is 0.624. The van der Waals surface area contributed by atoms with Crippen LogP contribution in [0.4, 0.5) is 20.3 Å². The van der Waals surface area contributed by atoms with E-state index in [0.717, 1.165) is 32.1 Å². The van der Waals surface area contributed by atoms with Crippen molar-refractivity contribution in [2.24, 2.45) is 0 Å². The van der Waals surface area contributed by atoms with Crippen molar-refractivity contribution in [2.75, 3.05) is 30.0 Å². The van der Waals surface area contributed by atoms with Crippen molar-refractivity contribution in [3.05, 3.63) is 35.9 Å². The molecule has 3 aromatic rings. The fourth-order valence-electron chi connectivity index (χ4n) is 4.63. The highest BCUT2D eigenvalue weighted by molar-refractivity contribution is 6.08. The van der Waals surface area contributed by atoms with Gasteiger partial charge in [-0.15, -0.1) is 0 Å². The van der Waals surface area contributed by atoms with E-state index in [-0.39, 0.29) is 23.3 Å². The lowest BCUT2D eigenvalue weighted by atomic mass is 9.96. The second-order valence-corrected chi connectivity index (χ2v) is 8.68. The number of nitrogens with zero attached hydrogens (tertiary/aromatic N) is 6. The number of alkyl halides is 2. The van der Waals surface area contributed by atoms with Crippen LogP contribution in [-0.2, 0) is 4.74 Å². The van der Waals surface area contributed by atoms with Crippen molar-refractivity contribution in [3.63, 3.8) is 0 Å². The van der Waals surface area contributed by atoms with Crippen LogP contribution in [0, 0.1) is 0 Å². The minimum atomic E-state index is -2.79. The molecule has 11 heteroatoms. The summed E-state index contributed by atoms with van der Waals surface area (Å²) in [5.41, 5.74) is 0.185. The largest absolute Gasteiger partial charge is 0.377 e. The summed E-state index contributed by atoms with van der Waals surface area (Å²) in [6, 6.07) is 2.07. The number of carbonyl (C=O) groups excluding carboxylic acids is 1. The van der Waals surface area contributed by atoms with E-state index in [1.54, 1.807) is 10.9 Å². The third-order valence-electron chi connectivity index (χ3n) is 6.43. The Labute approximate surface area is 189 Å². The summed E-state index contributed by atoms with van der Waals surface area (Å²) >= 11 is 0. The smallest absolute Gasteiger partial charge is 0.284 e. The van der Waals surface area contributed by atoms with E-state index in [4.69, 9.17) is 4.74 Å². The van der Waals surface area contributed by atoms with E-state index >= 15 is 0 Å². The first-order valence-electron chi connectivity index (χ1n) is 11.4. The summed E-state index contributed by atoms with van der Waals surface area (Å²) < 4.78 is 35.9. The number of hydrogen-bond acceptors (Lipinski definition) is 6. The second kappa shape index (κ2) is 9.05. The van der Waals surface area contributed by atoms with E-state index < -0.39 is 18.0 Å². The van der Waals surface area contributed by atoms with Gasteiger partial charge in [-0.25, -0.2) is 18.3 Å². The summed E-state index contributed by atoms with van der Waals surface area (Å²) in [5.74, 6) is 0.168. The van der Waals surface area contributed by atoms with Gasteiger partial charge in [-0.3, -0.25) is 9.48 Å². The topological polar surface area (TPSA) is 89.6 Å². The van der Waals surface area contributed by atoms with Crippen molar-refractivity contribution >= 4 is 23.1 Å². The Morgan fingerprint density at radius 2 is 2.09 bits per heavy atom. The second-order valence-electron chi connectivity index (χ2n) is 8.68. The van der Waals surface area contributed by atoms with E-state index in [0.29, 0.717) is 31.2 Å². The van der Waals surface area contributed by atoms with Gasteiger partial charge < -0.3 is 15.0 Å². The molecule has 3 aromatic heterocycles. The Morgan fingerprint density at radius 1 is 1.27 bits per heavy atom. The van der Waals surface area contributed by atoms with E-state index in [1.165, 1.54) is 16.9 Å². The normalized spacial score (nSPS) is 20.0. The molecule has 1 aliphatic heterocycles. The van der Waals surface area contributed by atoms with Crippen molar-refractivity contribution in [1.82, 2.24) is 24.4 Å². The molecule has 0 aromatic carbocycles. The standard InChI is InChI=1S/C22H27F2N7O2/c1-14-13-33-10-9-29(14)18-7-8-30-21(27-18)16(11-25-30)22(32)26-17-12-31(28-19(17)20(23)24)15-5-3-2-4-6-15/h7-8,11-12,14-15,20H,2-6,9-10,13H2,1H3,(H,26,32)/t14-/m0/s1. The monoisotopic (exact) mass is 459 g/mol. The Morgan fingerprint density at radius 3 is 2.85 bits per heavy atom. The highest BCUT2D eigenvalue weighted by Crippen LogP contribution is 2.32. The Balaban J connectivity index is 1.42. The van der Waals surface area contributed by atoms with Gasteiger partial charge in [-0.1, -0.05) is 19.3 Å². The van der Waals surface area contributed by atoms with Crippen LogP contribution in [0.2, 0.25) is 0 Å². The molecule has 9 nitrogen and oxygen atoms in total. The first-order valence-corrected chi connectivity index (χ1v) is 11.4. The average Bonchev–Trinajstić information content (AvgIpc) is 3.44. The maximum atomic E-state index is 13.7. The third kappa shape index (κ3) is 4.29. The van der Waals surface area contributed by atoms with Crippen LogP contribution in [-0.4, -0.2) is 56.1 Å². The predicted octanol–water partition coefficient (Wildman–Crippen LogP) is 3.85. The molecule has 176 valence electrons. The first kappa shape index (κ1) is 21.7. The Bertz CT molecular complexity index is 1140. The average molecular weight is 460 g/mol. The molecule has 0 bridgehead atoms. The summed E-state index contributed by atoms with van der Waals surface area (Å²) in [6.45, 7) is 3.94. The molecule has 0 spiro atoms. The van der Waals surface area contributed by atoms with Gasteiger partial charge in [0, 0.05) is 18.9 Å². The van der Waals surface area contributed by atoms with Gasteiger partial charge in [0.2, 0.25) is 0 Å². The molecule has 1 N–H and O–H groups in total. The number of anilines is 2. The summed E-state index contributed by atoms with van der Waals surface area (Å²) in [5, 5.41) is 10.9. The maximum Gasteiger partial charge on any atom is 0.284 e. The van der Waals surface area contributed by atoms with Crippen LogP contribution in [0.3, 0.4) is 0 Å². The molecule has 2 aliphatic rings. The van der Waals surface area contributed by atoms with Crippen molar-refractivity contribution in [2.45, 2.75) is 57.5 Å². The summed E-state index contributed by atoms with van der Waals surface area (Å²) in [7, 11) is 0. The number of amides is 1. The predicted molar refractivity (Wildman–Crippen MR) is 118 cm³/mol. The molecule has 1 aliphatic carbocycles. The van der Waals surface area contributed by atoms with Gasteiger partial charge >= 0.3 is 0 Å². The first-order chi connectivity index (χ1) is 16.0. The van der Waals surface area contributed by atoms with Crippen LogP contribution >= 0.6 is 0 Å². The summed E-state index contributed by atoms with van der Waals surface area (Å²) in [6.07, 6.45) is 6.92. The number of morpholine rings is 1. The fraction of sp³-hybridized carbons (Fsp3) is 0.545. The summed E-state index contributed by atoms with van der Waals surface area (Å²) in [4.78, 5) is 19.8. The van der Waals surface area contributed by atoms with Gasteiger partial charge in [-0.2, -0.15) is 10.2 Å². The molecule has 1 saturated carbocycles. The van der Waals surface area contributed by atoms with Gasteiger partial charge in [0.05, 0.1) is 37.2 Å². The maximum absolute atomic E-state index is 13.7. The Kier molecular flexibility index (Phi) is 5.96. The van der Waals surface area contributed by atoms with Crippen molar-refractivity contribution < 1.29 is 18.3 Å². The van der Waals surface area contributed by atoms with Crippen LogP contribution in [0.5, 0.6) is 0 Å². The van der Waals surface area contributed by atoms with Gasteiger partial charge in [0.25, 0.3) is 12.3 Å². The van der Waals surface area contributed by atoms with E-state index in [1.807, 2.05) is 13.0 Å². The molecule has 2 fully saturated rings. The van der Waals surface area contributed by atoms with Gasteiger partial charge in [-0.05, 0) is 25.8 Å². The zero-order valence-corrected chi connectivity index (χ0v) is 18.5. The van der Waals surface area contributed by atoms with Crippen LogP contribution in [0.25, 0.3) is 5.65 Å². The number of ether oxygens (including phenoxy) is 1. The molecule has 33 heavy (non-hydrogen) atoms. The molecule has 4 heterocycles. The number of rotatable bonds is 5. The number of hydrogen-bond donors (Lipinski definition) is 1. The van der Waals surface area contributed by atoms with Gasteiger partial charge in [0.15, 0.2) is 11.3 Å². The molecular weight excluding hydrogens is 432 g/mol. The van der Waals surface area contributed by atoms with E-state index in [2.05, 4.69) is 25.4 Å². The minimum absolute atomic E-state index is 0.0258. The molecular formula is C22H27F2N7O2. The molecule has 1 atom stereocenters. The molecule has 0 unspecified atom stereocenters. The lowest BCUT2D eigenvalue weighted by molar-refractivity contribution is 0.0985. The Hall–Kier alpha value is -3.08. The fourth-order valence-corrected chi connectivity index (χ4v) is 4.63. The lowest BCUT2D eigenvalue weighted by Gasteiger charge is -2.34. The molecule has 1 saturated heterocycles. The molecule has 1 amide bonds. The van der Waals surface area contributed by atoms with Crippen molar-refractivity contribution in [1.29, 1.82) is 0 Å². The number of aromatic nitrogens is 5.